The summed E-state index contributed by atoms with van der Waals surface area (Å²) >= 11 is 6.11. The highest BCUT2D eigenvalue weighted by molar-refractivity contribution is 6.30. The third kappa shape index (κ3) is 2.59. The smallest absolute Gasteiger partial charge is 0.320 e. The van der Waals surface area contributed by atoms with Crippen LogP contribution in [0.25, 0.3) is 0 Å². The van der Waals surface area contributed by atoms with E-state index in [0.717, 1.165) is 49.4 Å². The van der Waals surface area contributed by atoms with E-state index in [9.17, 15) is 4.79 Å². The van der Waals surface area contributed by atoms with Crippen LogP contribution in [-0.4, -0.2) is 41.5 Å². The van der Waals surface area contributed by atoms with Gasteiger partial charge in [-0.25, -0.2) is 4.79 Å². The van der Waals surface area contributed by atoms with E-state index in [1.807, 2.05) is 30.1 Å². The van der Waals surface area contributed by atoms with Gasteiger partial charge in [-0.2, -0.15) is 0 Å². The number of carbonyl (C=O) groups is 1. The average molecular weight is 322 g/mol. The molecule has 1 saturated carbocycles. The molecule has 1 aromatic carbocycles. The number of halogens is 1. The normalized spacial score (nSPS) is 32.6. The number of amides is 2. The fraction of sp³-hybridized carbons (Fsp3) is 0.588. The molecule has 2 aliphatic rings. The minimum absolute atomic E-state index is 0.0801. The van der Waals surface area contributed by atoms with Gasteiger partial charge in [0.2, 0.25) is 0 Å². The number of urea groups is 1. The largest absolute Gasteiger partial charge is 0.326 e. The van der Waals surface area contributed by atoms with Gasteiger partial charge in [0.25, 0.3) is 0 Å². The standard InChI is InChI=1S/C17H24ClN3O/c1-16(21-11-10-20(2)15(21)22)6-8-17(19,9-7-16)13-4-3-5-14(18)12-13/h3-5,12H,6-11,19H2,1-2H3. The highest BCUT2D eigenvalue weighted by atomic mass is 35.5. The lowest BCUT2D eigenvalue weighted by molar-refractivity contribution is 0.0808. The molecule has 5 heteroatoms. The highest BCUT2D eigenvalue weighted by Gasteiger charge is 2.46. The summed E-state index contributed by atoms with van der Waals surface area (Å²) in [5, 5.41) is 0.729. The Kier molecular flexibility index (Phi) is 3.86. The molecule has 1 aliphatic carbocycles. The minimum atomic E-state index is -0.334. The van der Waals surface area contributed by atoms with Gasteiger partial charge in [0.1, 0.15) is 0 Å². The van der Waals surface area contributed by atoms with E-state index in [4.69, 9.17) is 17.3 Å². The summed E-state index contributed by atoms with van der Waals surface area (Å²) in [6.45, 7) is 3.83. The van der Waals surface area contributed by atoms with Crippen molar-refractivity contribution in [2.45, 2.75) is 43.7 Å². The molecule has 1 aliphatic heterocycles. The third-order valence-corrected chi connectivity index (χ3v) is 5.72. The number of likely N-dealkylation sites (N-methyl/N-ethyl adjacent to an activating group) is 1. The van der Waals surface area contributed by atoms with Gasteiger partial charge < -0.3 is 15.5 Å². The molecule has 4 nitrogen and oxygen atoms in total. The fourth-order valence-corrected chi connectivity index (χ4v) is 3.93. The highest BCUT2D eigenvalue weighted by Crippen LogP contribution is 2.43. The molecule has 0 bridgehead atoms. The summed E-state index contributed by atoms with van der Waals surface area (Å²) in [5.41, 5.74) is 7.35. The van der Waals surface area contributed by atoms with Crippen LogP contribution in [0.5, 0.6) is 0 Å². The maximum Gasteiger partial charge on any atom is 0.320 e. The maximum atomic E-state index is 12.3. The summed E-state index contributed by atoms with van der Waals surface area (Å²) in [6, 6.07) is 8.01. The molecule has 2 N–H and O–H groups in total. The number of hydrogen-bond donors (Lipinski definition) is 1. The number of benzene rings is 1. The molecule has 1 heterocycles. The summed E-state index contributed by atoms with van der Waals surface area (Å²) in [7, 11) is 1.87. The van der Waals surface area contributed by atoms with Gasteiger partial charge >= 0.3 is 6.03 Å². The van der Waals surface area contributed by atoms with Crippen LogP contribution in [0.3, 0.4) is 0 Å². The first kappa shape index (κ1) is 15.6. The second kappa shape index (κ2) is 5.43. The lowest BCUT2D eigenvalue weighted by Gasteiger charge is -2.47. The minimum Gasteiger partial charge on any atom is -0.326 e. The quantitative estimate of drug-likeness (QED) is 0.909. The predicted octanol–water partition coefficient (Wildman–Crippen LogP) is 3.19. The number of nitrogens with zero attached hydrogens (tertiary/aromatic N) is 2. The molecule has 0 aromatic heterocycles. The maximum absolute atomic E-state index is 12.3. The van der Waals surface area contributed by atoms with Gasteiger partial charge in [0.05, 0.1) is 0 Å². The predicted molar refractivity (Wildman–Crippen MR) is 88.9 cm³/mol. The third-order valence-electron chi connectivity index (χ3n) is 5.49. The van der Waals surface area contributed by atoms with Gasteiger partial charge in [-0.3, -0.25) is 0 Å². The zero-order chi connectivity index (χ0) is 16.0. The fourth-order valence-electron chi connectivity index (χ4n) is 3.74. The van der Waals surface area contributed by atoms with E-state index < -0.39 is 0 Å². The first-order valence-corrected chi connectivity index (χ1v) is 8.30. The van der Waals surface area contributed by atoms with Gasteiger partial charge in [-0.1, -0.05) is 23.7 Å². The Bertz CT molecular complexity index is 581. The van der Waals surface area contributed by atoms with E-state index in [1.54, 1.807) is 4.90 Å². The molecular weight excluding hydrogens is 298 g/mol. The number of nitrogens with two attached hydrogens (primary N) is 1. The Morgan fingerprint density at radius 3 is 2.41 bits per heavy atom. The molecule has 0 unspecified atom stereocenters. The average Bonchev–Trinajstić information content (AvgIpc) is 2.83. The van der Waals surface area contributed by atoms with Crippen molar-refractivity contribution in [1.82, 2.24) is 9.80 Å². The second-order valence-corrected chi connectivity index (χ2v) is 7.46. The van der Waals surface area contributed by atoms with Crippen LogP contribution in [-0.2, 0) is 5.54 Å². The molecule has 2 fully saturated rings. The first-order valence-electron chi connectivity index (χ1n) is 7.92. The van der Waals surface area contributed by atoms with Gasteiger partial charge in [-0.15, -0.1) is 0 Å². The molecule has 2 amide bonds. The van der Waals surface area contributed by atoms with Crippen molar-refractivity contribution in [2.75, 3.05) is 20.1 Å². The van der Waals surface area contributed by atoms with Crippen molar-refractivity contribution < 1.29 is 4.79 Å². The van der Waals surface area contributed by atoms with Gasteiger partial charge in [-0.05, 0) is 50.3 Å². The summed E-state index contributed by atoms with van der Waals surface area (Å²) in [5.74, 6) is 0. The van der Waals surface area contributed by atoms with Crippen LogP contribution in [0.4, 0.5) is 4.79 Å². The van der Waals surface area contributed by atoms with E-state index in [1.165, 1.54) is 0 Å². The molecule has 22 heavy (non-hydrogen) atoms. The monoisotopic (exact) mass is 321 g/mol. The Morgan fingerprint density at radius 1 is 1.18 bits per heavy atom. The summed E-state index contributed by atoms with van der Waals surface area (Å²) < 4.78 is 0. The van der Waals surface area contributed by atoms with Crippen molar-refractivity contribution >= 4 is 17.6 Å². The van der Waals surface area contributed by atoms with Gasteiger partial charge in [0, 0.05) is 36.2 Å². The Hall–Kier alpha value is -1.26. The van der Waals surface area contributed by atoms with Crippen LogP contribution in [0.15, 0.2) is 24.3 Å². The molecule has 0 radical (unpaired) electrons. The lowest BCUT2D eigenvalue weighted by Crippen LogP contribution is -2.54. The summed E-state index contributed by atoms with van der Waals surface area (Å²) in [4.78, 5) is 16.1. The van der Waals surface area contributed by atoms with Crippen molar-refractivity contribution in [3.63, 3.8) is 0 Å². The van der Waals surface area contributed by atoms with Crippen LogP contribution in [0.2, 0.25) is 5.02 Å². The Morgan fingerprint density at radius 2 is 1.86 bits per heavy atom. The second-order valence-electron chi connectivity index (χ2n) is 7.02. The van der Waals surface area contributed by atoms with Crippen LogP contribution < -0.4 is 5.73 Å². The molecule has 0 atom stereocenters. The van der Waals surface area contributed by atoms with Crippen molar-refractivity contribution in [3.05, 3.63) is 34.9 Å². The molecule has 120 valence electrons. The van der Waals surface area contributed by atoms with E-state index in [0.29, 0.717) is 0 Å². The SMILES string of the molecule is CN1CCN(C2(C)CCC(N)(c3cccc(Cl)c3)CC2)C1=O. The first-order chi connectivity index (χ1) is 10.3. The van der Waals surface area contributed by atoms with Crippen molar-refractivity contribution in [1.29, 1.82) is 0 Å². The number of carbonyl (C=O) groups excluding carboxylic acids is 1. The topological polar surface area (TPSA) is 49.6 Å². The van der Waals surface area contributed by atoms with Crippen molar-refractivity contribution in [3.8, 4) is 0 Å². The zero-order valence-corrected chi connectivity index (χ0v) is 14.1. The molecule has 1 aromatic rings. The zero-order valence-electron chi connectivity index (χ0n) is 13.3. The van der Waals surface area contributed by atoms with Gasteiger partial charge in [0.15, 0.2) is 0 Å². The van der Waals surface area contributed by atoms with E-state index >= 15 is 0 Å². The van der Waals surface area contributed by atoms with E-state index in [-0.39, 0.29) is 17.1 Å². The van der Waals surface area contributed by atoms with Crippen LogP contribution in [0, 0.1) is 0 Å². The molecule has 0 spiro atoms. The van der Waals surface area contributed by atoms with Crippen molar-refractivity contribution in [2.24, 2.45) is 5.73 Å². The molecular formula is C17H24ClN3O. The summed E-state index contributed by atoms with van der Waals surface area (Å²) in [6.07, 6.45) is 3.60. The number of hydrogen-bond acceptors (Lipinski definition) is 2. The Labute approximate surface area is 137 Å². The Balaban J connectivity index is 1.76. The lowest BCUT2D eigenvalue weighted by atomic mass is 9.70. The number of rotatable bonds is 2. The van der Waals surface area contributed by atoms with E-state index in [2.05, 4.69) is 13.0 Å². The van der Waals surface area contributed by atoms with Crippen LogP contribution >= 0.6 is 11.6 Å². The van der Waals surface area contributed by atoms with Crippen LogP contribution in [0.1, 0.15) is 38.2 Å². The molecule has 3 rings (SSSR count). The molecule has 1 saturated heterocycles.